The van der Waals surface area contributed by atoms with E-state index in [9.17, 15) is 18.7 Å². The Morgan fingerprint density at radius 3 is 2.48 bits per heavy atom. The molecule has 0 unspecified atom stereocenters. The molecule has 0 fully saturated rings. The molecule has 3 N–H and O–H groups in total. The summed E-state index contributed by atoms with van der Waals surface area (Å²) in [5.74, 6) is 0.513. The number of anilines is 1. The molecular weight excluding hydrogens is 334 g/mol. The summed E-state index contributed by atoms with van der Waals surface area (Å²) in [5.41, 5.74) is 0.949. The van der Waals surface area contributed by atoms with E-state index in [1.807, 2.05) is 0 Å². The van der Waals surface area contributed by atoms with Crippen molar-refractivity contribution in [2.24, 2.45) is 0 Å². The molecule has 2 amide bonds. The number of halogens is 2. The van der Waals surface area contributed by atoms with E-state index in [4.69, 9.17) is 4.74 Å². The number of carbonyl (C=O) groups is 1. The summed E-state index contributed by atoms with van der Waals surface area (Å²) in [6.07, 6.45) is -0.941. The summed E-state index contributed by atoms with van der Waals surface area (Å²) >= 11 is 0. The molecule has 0 aliphatic carbocycles. The van der Waals surface area contributed by atoms with Gasteiger partial charge in [-0.25, -0.2) is 4.79 Å². The van der Waals surface area contributed by atoms with Gasteiger partial charge in [0.1, 0.15) is 11.5 Å². The summed E-state index contributed by atoms with van der Waals surface area (Å²) in [6, 6.07) is 11.9. The number of para-hydroxylation sites is 1. The maximum absolute atomic E-state index is 12.1. The van der Waals surface area contributed by atoms with Crippen molar-refractivity contribution in [1.29, 1.82) is 0 Å². The Labute approximate surface area is 143 Å². The number of carbonyl (C=O) groups excluding carboxylic acids is 1. The van der Waals surface area contributed by atoms with Crippen LogP contribution in [0, 0.1) is 0 Å². The van der Waals surface area contributed by atoms with Gasteiger partial charge >= 0.3 is 12.6 Å². The lowest BCUT2D eigenvalue weighted by Gasteiger charge is -2.15. The average molecular weight is 352 g/mol. The van der Waals surface area contributed by atoms with E-state index in [1.54, 1.807) is 24.3 Å². The largest absolute Gasteiger partial charge is 0.496 e. The zero-order valence-electron chi connectivity index (χ0n) is 13.4. The first-order valence-corrected chi connectivity index (χ1v) is 7.40. The monoisotopic (exact) mass is 352 g/mol. The lowest BCUT2D eigenvalue weighted by molar-refractivity contribution is -0.0498. The third kappa shape index (κ3) is 5.61. The molecule has 25 heavy (non-hydrogen) atoms. The number of alkyl halides is 2. The highest BCUT2D eigenvalue weighted by molar-refractivity contribution is 5.89. The molecule has 134 valence electrons. The van der Waals surface area contributed by atoms with Crippen LogP contribution in [0.1, 0.15) is 11.7 Å². The van der Waals surface area contributed by atoms with Crippen LogP contribution in [0.5, 0.6) is 11.5 Å². The molecule has 0 saturated heterocycles. The zero-order valence-corrected chi connectivity index (χ0v) is 13.4. The number of nitrogens with one attached hydrogen (secondary N) is 2. The van der Waals surface area contributed by atoms with Gasteiger partial charge in [-0.2, -0.15) is 8.78 Å². The van der Waals surface area contributed by atoms with E-state index in [1.165, 1.54) is 31.4 Å². The SMILES string of the molecule is COc1ccccc1[C@@H](O)CNC(=O)Nc1ccc(OC(F)F)cc1. The van der Waals surface area contributed by atoms with Crippen LogP contribution in [-0.2, 0) is 0 Å². The van der Waals surface area contributed by atoms with Gasteiger partial charge in [0.15, 0.2) is 0 Å². The molecule has 6 nitrogen and oxygen atoms in total. The molecule has 8 heteroatoms. The van der Waals surface area contributed by atoms with E-state index in [0.29, 0.717) is 17.0 Å². The van der Waals surface area contributed by atoms with Gasteiger partial charge in [0, 0.05) is 17.8 Å². The van der Waals surface area contributed by atoms with Gasteiger partial charge < -0.3 is 25.2 Å². The van der Waals surface area contributed by atoms with E-state index < -0.39 is 18.7 Å². The van der Waals surface area contributed by atoms with Crippen molar-refractivity contribution in [1.82, 2.24) is 5.32 Å². The Bertz CT molecular complexity index is 695. The number of hydrogen-bond donors (Lipinski definition) is 3. The predicted molar refractivity (Wildman–Crippen MR) is 88.0 cm³/mol. The van der Waals surface area contributed by atoms with Crippen LogP contribution in [0.2, 0.25) is 0 Å². The Hall–Kier alpha value is -2.87. The summed E-state index contributed by atoms with van der Waals surface area (Å²) in [6.45, 7) is -2.93. The predicted octanol–water partition coefficient (Wildman–Crippen LogP) is 3.15. The lowest BCUT2D eigenvalue weighted by atomic mass is 10.1. The number of aliphatic hydroxyl groups excluding tert-OH is 1. The Balaban J connectivity index is 1.86. The van der Waals surface area contributed by atoms with Crippen LogP contribution in [0.25, 0.3) is 0 Å². The van der Waals surface area contributed by atoms with Gasteiger partial charge in [0.05, 0.1) is 13.2 Å². The molecule has 2 rings (SSSR count). The van der Waals surface area contributed by atoms with E-state index in [0.717, 1.165) is 0 Å². The van der Waals surface area contributed by atoms with Gasteiger partial charge in [-0.1, -0.05) is 18.2 Å². The quantitative estimate of drug-likeness (QED) is 0.715. The fourth-order valence-electron chi connectivity index (χ4n) is 2.14. The highest BCUT2D eigenvalue weighted by Gasteiger charge is 2.14. The van der Waals surface area contributed by atoms with Gasteiger partial charge in [0.2, 0.25) is 0 Å². The molecule has 0 saturated carbocycles. The number of hydrogen-bond acceptors (Lipinski definition) is 4. The van der Waals surface area contributed by atoms with Crippen molar-refractivity contribution in [3.05, 3.63) is 54.1 Å². The van der Waals surface area contributed by atoms with Crippen molar-refractivity contribution in [2.75, 3.05) is 19.0 Å². The number of urea groups is 1. The van der Waals surface area contributed by atoms with Crippen LogP contribution in [0.3, 0.4) is 0 Å². The van der Waals surface area contributed by atoms with Gasteiger partial charge in [-0.15, -0.1) is 0 Å². The maximum Gasteiger partial charge on any atom is 0.387 e. The molecule has 0 heterocycles. The van der Waals surface area contributed by atoms with Crippen molar-refractivity contribution in [2.45, 2.75) is 12.7 Å². The minimum Gasteiger partial charge on any atom is -0.496 e. The topological polar surface area (TPSA) is 79.8 Å². The Kier molecular flexibility index (Phi) is 6.53. The van der Waals surface area contributed by atoms with Gasteiger partial charge in [-0.05, 0) is 30.3 Å². The Morgan fingerprint density at radius 2 is 1.84 bits per heavy atom. The van der Waals surface area contributed by atoms with Crippen molar-refractivity contribution >= 4 is 11.7 Å². The summed E-state index contributed by atoms with van der Waals surface area (Å²) in [4.78, 5) is 11.8. The number of rotatable bonds is 7. The van der Waals surface area contributed by atoms with Gasteiger partial charge in [0.25, 0.3) is 0 Å². The summed E-state index contributed by atoms with van der Waals surface area (Å²) in [5, 5.41) is 15.2. The lowest BCUT2D eigenvalue weighted by Crippen LogP contribution is -2.32. The van der Waals surface area contributed by atoms with Gasteiger partial charge in [-0.3, -0.25) is 0 Å². The minimum absolute atomic E-state index is 0.00690. The average Bonchev–Trinajstić information content (AvgIpc) is 2.61. The molecular formula is C17H18F2N2O4. The minimum atomic E-state index is -2.90. The second-order valence-corrected chi connectivity index (χ2v) is 5.00. The van der Waals surface area contributed by atoms with Crippen LogP contribution < -0.4 is 20.1 Å². The van der Waals surface area contributed by atoms with Crippen LogP contribution in [0.15, 0.2) is 48.5 Å². The first-order valence-electron chi connectivity index (χ1n) is 7.40. The highest BCUT2D eigenvalue weighted by Crippen LogP contribution is 2.24. The van der Waals surface area contributed by atoms with Crippen molar-refractivity contribution in [3.8, 4) is 11.5 Å². The zero-order chi connectivity index (χ0) is 18.2. The first kappa shape index (κ1) is 18.5. The maximum atomic E-state index is 12.1. The third-order valence-corrected chi connectivity index (χ3v) is 3.29. The second kappa shape index (κ2) is 8.84. The fourth-order valence-corrected chi connectivity index (χ4v) is 2.14. The smallest absolute Gasteiger partial charge is 0.387 e. The molecule has 0 aliphatic heterocycles. The number of amides is 2. The van der Waals surface area contributed by atoms with E-state index in [2.05, 4.69) is 15.4 Å². The van der Waals surface area contributed by atoms with Crippen molar-refractivity contribution < 1.29 is 28.2 Å². The molecule has 2 aromatic rings. The fraction of sp³-hybridized carbons (Fsp3) is 0.235. The number of aliphatic hydroxyl groups is 1. The van der Waals surface area contributed by atoms with Crippen molar-refractivity contribution in [3.63, 3.8) is 0 Å². The molecule has 2 aromatic carbocycles. The number of ether oxygens (including phenoxy) is 2. The van der Waals surface area contributed by atoms with E-state index in [-0.39, 0.29) is 12.3 Å². The molecule has 0 radical (unpaired) electrons. The number of methoxy groups -OCH3 is 1. The standard InChI is InChI=1S/C17H18F2N2O4/c1-24-15-5-3-2-4-13(15)14(22)10-20-17(23)21-11-6-8-12(9-7-11)25-16(18)19/h2-9,14,16,22H,10H2,1H3,(H2,20,21,23)/t14-/m0/s1. The Morgan fingerprint density at radius 1 is 1.16 bits per heavy atom. The molecule has 0 aromatic heterocycles. The molecule has 0 aliphatic rings. The van der Waals surface area contributed by atoms with Crippen LogP contribution >= 0.6 is 0 Å². The summed E-state index contributed by atoms with van der Waals surface area (Å²) < 4.78 is 33.5. The number of benzene rings is 2. The normalized spacial score (nSPS) is 11.7. The summed E-state index contributed by atoms with van der Waals surface area (Å²) in [7, 11) is 1.49. The van der Waals surface area contributed by atoms with E-state index >= 15 is 0 Å². The first-order chi connectivity index (χ1) is 12.0. The third-order valence-electron chi connectivity index (χ3n) is 3.29. The van der Waals surface area contributed by atoms with Crippen LogP contribution in [0.4, 0.5) is 19.3 Å². The van der Waals surface area contributed by atoms with Crippen LogP contribution in [-0.4, -0.2) is 31.4 Å². The second-order valence-electron chi connectivity index (χ2n) is 5.00. The molecule has 1 atom stereocenters. The molecule has 0 bridgehead atoms. The highest BCUT2D eigenvalue weighted by atomic mass is 19.3. The molecule has 0 spiro atoms.